The zero-order valence-electron chi connectivity index (χ0n) is 26.8. The van der Waals surface area contributed by atoms with Gasteiger partial charge in [0.1, 0.15) is 0 Å². The highest BCUT2D eigenvalue weighted by Gasteiger charge is 2.27. The van der Waals surface area contributed by atoms with Crippen molar-refractivity contribution >= 4 is 11.8 Å². The number of hydrogen-bond donors (Lipinski definition) is 0. The molecule has 0 N–H and O–H groups in total. The summed E-state index contributed by atoms with van der Waals surface area (Å²) < 4.78 is 0. The van der Waals surface area contributed by atoms with E-state index >= 15 is 0 Å². The third-order valence-electron chi connectivity index (χ3n) is 9.51. The fourth-order valence-corrected chi connectivity index (χ4v) is 6.71. The number of likely N-dealkylation sites (tertiary alicyclic amines) is 2. The average molecular weight is 575 g/mol. The number of rotatable bonds is 12. The van der Waals surface area contributed by atoms with E-state index in [0.717, 1.165) is 84.3 Å². The van der Waals surface area contributed by atoms with E-state index in [2.05, 4.69) is 71.3 Å². The largest absolute Gasteiger partial charge is 0.345 e. The second-order valence-electron chi connectivity index (χ2n) is 13.3. The van der Waals surface area contributed by atoms with Crippen molar-refractivity contribution < 1.29 is 9.59 Å². The smallest absolute Gasteiger partial charge is 0.225 e. The molecule has 0 aromatic heterocycles. The predicted molar refractivity (Wildman–Crippen MR) is 172 cm³/mol. The van der Waals surface area contributed by atoms with Crippen molar-refractivity contribution in [3.05, 3.63) is 71.3 Å². The number of hydrogen-bond acceptors (Lipinski definition) is 4. The molecule has 2 saturated heterocycles. The van der Waals surface area contributed by atoms with Gasteiger partial charge in [-0.1, -0.05) is 75.4 Å². The van der Waals surface area contributed by atoms with Crippen molar-refractivity contribution in [2.45, 2.75) is 71.9 Å². The minimum atomic E-state index is -0.0129. The van der Waals surface area contributed by atoms with Gasteiger partial charge in [0.25, 0.3) is 0 Å². The fourth-order valence-electron chi connectivity index (χ4n) is 6.71. The molecule has 0 radical (unpaired) electrons. The monoisotopic (exact) mass is 574 g/mol. The maximum absolute atomic E-state index is 13.2. The number of benzene rings is 2. The molecule has 0 spiro atoms. The van der Waals surface area contributed by atoms with Crippen molar-refractivity contribution in [2.75, 3.05) is 53.4 Å². The first-order chi connectivity index (χ1) is 20.2. The van der Waals surface area contributed by atoms with E-state index in [9.17, 15) is 9.59 Å². The summed E-state index contributed by atoms with van der Waals surface area (Å²) in [6, 6.07) is 20.0. The molecule has 1 unspecified atom stereocenters. The molecule has 2 aromatic carbocycles. The summed E-state index contributed by atoms with van der Waals surface area (Å²) in [4.78, 5) is 34.5. The number of amides is 2. The van der Waals surface area contributed by atoms with Crippen LogP contribution in [0.1, 0.15) is 63.1 Å². The quantitative estimate of drug-likeness (QED) is 0.343. The highest BCUT2D eigenvalue weighted by atomic mass is 16.2. The van der Waals surface area contributed by atoms with Crippen LogP contribution < -0.4 is 0 Å². The maximum Gasteiger partial charge on any atom is 0.225 e. The fraction of sp³-hybridized carbons (Fsp3) is 0.611. The Morgan fingerprint density at radius 1 is 0.762 bits per heavy atom. The number of piperidine rings is 2. The molecule has 2 fully saturated rings. The molecule has 230 valence electrons. The SMILES string of the molecule is CC(C)C(=O)N(C)C1CCN(CCc2ccc(CC(C)C(=O)N(C)CC3CCN(Cc4ccccc4)CC3)cc2)CC1. The number of nitrogens with zero attached hydrogens (tertiary/aromatic N) is 4. The summed E-state index contributed by atoms with van der Waals surface area (Å²) in [6.45, 7) is 13.3. The summed E-state index contributed by atoms with van der Waals surface area (Å²) in [5, 5.41) is 0. The van der Waals surface area contributed by atoms with Gasteiger partial charge in [-0.2, -0.15) is 0 Å². The van der Waals surface area contributed by atoms with Gasteiger partial charge < -0.3 is 14.7 Å². The standard InChI is InChI=1S/C36H54N4O2/c1-28(2)35(41)38(5)34-18-23-39(24-19-34)20-15-30-11-13-31(14-12-30)25-29(3)36(42)37(4)26-33-16-21-40(22-17-33)27-32-9-7-6-8-10-32/h6-14,28-29,33-34H,15-27H2,1-5H3. The van der Waals surface area contributed by atoms with Gasteiger partial charge >= 0.3 is 0 Å². The Labute approximate surface area is 255 Å². The molecule has 2 aliphatic heterocycles. The number of carbonyl (C=O) groups is 2. The van der Waals surface area contributed by atoms with Crippen LogP contribution in [0.3, 0.4) is 0 Å². The van der Waals surface area contributed by atoms with Crippen LogP contribution >= 0.6 is 0 Å². The van der Waals surface area contributed by atoms with Crippen LogP contribution in [-0.4, -0.2) is 90.8 Å². The summed E-state index contributed by atoms with van der Waals surface area (Å²) in [6.07, 6.45) is 6.26. The first-order valence-electron chi connectivity index (χ1n) is 16.3. The zero-order valence-corrected chi connectivity index (χ0v) is 26.8. The molecule has 6 nitrogen and oxygen atoms in total. The minimum absolute atomic E-state index is 0.0129. The van der Waals surface area contributed by atoms with E-state index in [-0.39, 0.29) is 23.7 Å². The highest BCUT2D eigenvalue weighted by Crippen LogP contribution is 2.22. The van der Waals surface area contributed by atoms with Crippen LogP contribution in [0.5, 0.6) is 0 Å². The molecule has 1 atom stereocenters. The van der Waals surface area contributed by atoms with Gasteiger partial charge in [0.05, 0.1) is 0 Å². The lowest BCUT2D eigenvalue weighted by Gasteiger charge is -2.37. The Morgan fingerprint density at radius 2 is 1.36 bits per heavy atom. The molecular weight excluding hydrogens is 520 g/mol. The molecular formula is C36H54N4O2. The molecule has 0 aliphatic carbocycles. The molecule has 2 aromatic rings. The summed E-state index contributed by atoms with van der Waals surface area (Å²) >= 11 is 0. The molecule has 42 heavy (non-hydrogen) atoms. The lowest BCUT2D eigenvalue weighted by Crippen LogP contribution is -2.47. The zero-order chi connectivity index (χ0) is 30.1. The number of carbonyl (C=O) groups excluding carboxylic acids is 2. The Balaban J connectivity index is 1.13. The van der Waals surface area contributed by atoms with Crippen molar-refractivity contribution in [2.24, 2.45) is 17.8 Å². The molecule has 0 saturated carbocycles. The highest BCUT2D eigenvalue weighted by molar-refractivity contribution is 5.78. The summed E-state index contributed by atoms with van der Waals surface area (Å²) in [7, 11) is 3.95. The van der Waals surface area contributed by atoms with Gasteiger partial charge in [-0.3, -0.25) is 14.5 Å². The van der Waals surface area contributed by atoms with Crippen molar-refractivity contribution in [3.8, 4) is 0 Å². The van der Waals surface area contributed by atoms with Gasteiger partial charge in [-0.15, -0.1) is 0 Å². The second-order valence-corrected chi connectivity index (χ2v) is 13.3. The van der Waals surface area contributed by atoms with Crippen LogP contribution in [0.2, 0.25) is 0 Å². The molecule has 0 bridgehead atoms. The van der Waals surface area contributed by atoms with E-state index in [0.29, 0.717) is 12.0 Å². The van der Waals surface area contributed by atoms with Crippen LogP contribution in [-0.2, 0) is 29.0 Å². The lowest BCUT2D eigenvalue weighted by atomic mass is 9.94. The second kappa shape index (κ2) is 15.7. The van der Waals surface area contributed by atoms with E-state index in [1.165, 1.54) is 16.7 Å². The minimum Gasteiger partial charge on any atom is -0.345 e. The molecule has 2 aliphatic rings. The average Bonchev–Trinajstić information content (AvgIpc) is 3.01. The van der Waals surface area contributed by atoms with Crippen LogP contribution in [0.15, 0.2) is 54.6 Å². The third kappa shape index (κ3) is 9.40. The van der Waals surface area contributed by atoms with Gasteiger partial charge in [-0.25, -0.2) is 0 Å². The van der Waals surface area contributed by atoms with E-state index < -0.39 is 0 Å². The Morgan fingerprint density at radius 3 is 1.98 bits per heavy atom. The first kappa shape index (κ1) is 32.2. The predicted octanol–water partition coefficient (Wildman–Crippen LogP) is 5.36. The van der Waals surface area contributed by atoms with E-state index in [1.54, 1.807) is 0 Å². The maximum atomic E-state index is 13.2. The third-order valence-corrected chi connectivity index (χ3v) is 9.51. The van der Waals surface area contributed by atoms with Crippen molar-refractivity contribution in [3.63, 3.8) is 0 Å². The van der Waals surface area contributed by atoms with Gasteiger partial charge in [0.2, 0.25) is 11.8 Å². The van der Waals surface area contributed by atoms with E-state index in [4.69, 9.17) is 0 Å². The first-order valence-corrected chi connectivity index (χ1v) is 16.3. The molecule has 2 heterocycles. The Bertz CT molecular complexity index is 1100. The van der Waals surface area contributed by atoms with Crippen LogP contribution in [0, 0.1) is 17.8 Å². The topological polar surface area (TPSA) is 47.1 Å². The molecule has 4 rings (SSSR count). The summed E-state index contributed by atoms with van der Waals surface area (Å²) in [5.41, 5.74) is 3.97. The Hall–Kier alpha value is -2.70. The normalized spacial score (nSPS) is 18.2. The summed E-state index contributed by atoms with van der Waals surface area (Å²) in [5.74, 6) is 1.16. The van der Waals surface area contributed by atoms with Gasteiger partial charge in [-0.05, 0) is 74.2 Å². The van der Waals surface area contributed by atoms with Gasteiger partial charge in [0, 0.05) is 64.7 Å². The van der Waals surface area contributed by atoms with Crippen molar-refractivity contribution in [1.82, 2.24) is 19.6 Å². The Kier molecular flexibility index (Phi) is 12.0. The lowest BCUT2D eigenvalue weighted by molar-refractivity contribution is -0.136. The molecule has 6 heteroatoms. The van der Waals surface area contributed by atoms with Crippen molar-refractivity contribution in [1.29, 1.82) is 0 Å². The van der Waals surface area contributed by atoms with Crippen LogP contribution in [0.4, 0.5) is 0 Å². The van der Waals surface area contributed by atoms with E-state index in [1.807, 2.05) is 37.7 Å². The van der Waals surface area contributed by atoms with Crippen LogP contribution in [0.25, 0.3) is 0 Å². The molecule has 2 amide bonds. The van der Waals surface area contributed by atoms with Gasteiger partial charge in [0.15, 0.2) is 0 Å².